The highest BCUT2D eigenvalue weighted by atomic mass is 79.9. The first-order valence-corrected chi connectivity index (χ1v) is 5.77. The normalized spacial score (nSPS) is 14.8. The van der Waals surface area contributed by atoms with E-state index in [1.165, 1.54) is 0 Å². The van der Waals surface area contributed by atoms with E-state index in [1.807, 2.05) is 25.1 Å². The number of benzene rings is 1. The SMILES string of the molecule is Cc1cc(Br)cc(NC(=O)NC2CC2)c1. The molecule has 0 saturated heterocycles. The molecule has 0 aliphatic heterocycles. The summed E-state index contributed by atoms with van der Waals surface area (Å²) >= 11 is 3.39. The zero-order chi connectivity index (χ0) is 10.8. The number of hydrogen-bond acceptors (Lipinski definition) is 1. The van der Waals surface area contributed by atoms with E-state index in [1.54, 1.807) is 0 Å². The summed E-state index contributed by atoms with van der Waals surface area (Å²) in [5.74, 6) is 0. The first-order valence-electron chi connectivity index (χ1n) is 4.98. The van der Waals surface area contributed by atoms with Crippen LogP contribution in [0.25, 0.3) is 0 Å². The fourth-order valence-corrected chi connectivity index (χ4v) is 2.00. The summed E-state index contributed by atoms with van der Waals surface area (Å²) in [6.45, 7) is 1.99. The number of urea groups is 1. The van der Waals surface area contributed by atoms with Gasteiger partial charge in [0.1, 0.15) is 0 Å². The largest absolute Gasteiger partial charge is 0.335 e. The lowest BCUT2D eigenvalue weighted by atomic mass is 10.2. The molecule has 0 heterocycles. The van der Waals surface area contributed by atoms with E-state index in [9.17, 15) is 4.79 Å². The van der Waals surface area contributed by atoms with Crippen LogP contribution in [0.2, 0.25) is 0 Å². The van der Waals surface area contributed by atoms with Gasteiger partial charge in [0.2, 0.25) is 0 Å². The standard InChI is InChI=1S/C11H13BrN2O/c1-7-4-8(12)6-10(5-7)14-11(15)13-9-2-3-9/h4-6,9H,2-3H2,1H3,(H2,13,14,15). The Hall–Kier alpha value is -1.03. The maximum atomic E-state index is 11.4. The Morgan fingerprint density at radius 2 is 2.13 bits per heavy atom. The van der Waals surface area contributed by atoms with E-state index in [-0.39, 0.29) is 6.03 Å². The number of carbonyl (C=O) groups excluding carboxylic acids is 1. The molecule has 1 fully saturated rings. The number of rotatable bonds is 2. The van der Waals surface area contributed by atoms with Crippen LogP contribution in [0, 0.1) is 6.92 Å². The van der Waals surface area contributed by atoms with Crippen LogP contribution in [0.5, 0.6) is 0 Å². The Morgan fingerprint density at radius 1 is 1.40 bits per heavy atom. The van der Waals surface area contributed by atoms with Gasteiger partial charge >= 0.3 is 6.03 Å². The number of halogens is 1. The molecule has 1 aromatic carbocycles. The second-order valence-corrected chi connectivity index (χ2v) is 4.81. The van der Waals surface area contributed by atoms with Crippen molar-refractivity contribution < 1.29 is 4.79 Å². The van der Waals surface area contributed by atoms with Crippen LogP contribution < -0.4 is 10.6 Å². The number of nitrogens with one attached hydrogen (secondary N) is 2. The Bertz CT molecular complexity index is 368. The Balaban J connectivity index is 1.99. The smallest absolute Gasteiger partial charge is 0.319 e. The summed E-state index contributed by atoms with van der Waals surface area (Å²) < 4.78 is 0.976. The highest BCUT2D eigenvalue weighted by Crippen LogP contribution is 2.21. The zero-order valence-corrected chi connectivity index (χ0v) is 10.1. The van der Waals surface area contributed by atoms with E-state index in [4.69, 9.17) is 0 Å². The molecule has 3 nitrogen and oxygen atoms in total. The second kappa shape index (κ2) is 4.23. The molecule has 2 N–H and O–H groups in total. The van der Waals surface area contributed by atoms with E-state index in [2.05, 4.69) is 26.6 Å². The summed E-state index contributed by atoms with van der Waals surface area (Å²) in [7, 11) is 0. The molecule has 2 rings (SSSR count). The minimum Gasteiger partial charge on any atom is -0.335 e. The highest BCUT2D eigenvalue weighted by molar-refractivity contribution is 9.10. The van der Waals surface area contributed by atoms with Crippen molar-refractivity contribution in [2.75, 3.05) is 5.32 Å². The van der Waals surface area contributed by atoms with E-state index < -0.39 is 0 Å². The van der Waals surface area contributed by atoms with Gasteiger partial charge in [-0.05, 0) is 43.5 Å². The Kier molecular flexibility index (Phi) is 2.95. The fraction of sp³-hybridized carbons (Fsp3) is 0.364. The molecule has 1 aliphatic rings. The quantitative estimate of drug-likeness (QED) is 0.851. The average Bonchev–Trinajstić information content (AvgIpc) is 2.85. The van der Waals surface area contributed by atoms with Gasteiger partial charge in [-0.2, -0.15) is 0 Å². The van der Waals surface area contributed by atoms with Crippen LogP contribution in [0.3, 0.4) is 0 Å². The summed E-state index contributed by atoms with van der Waals surface area (Å²) in [4.78, 5) is 11.4. The second-order valence-electron chi connectivity index (χ2n) is 3.89. The van der Waals surface area contributed by atoms with Crippen LogP contribution in [0.4, 0.5) is 10.5 Å². The first kappa shape index (κ1) is 10.5. The van der Waals surface area contributed by atoms with Gasteiger partial charge in [-0.15, -0.1) is 0 Å². The third-order valence-electron chi connectivity index (χ3n) is 2.21. The number of anilines is 1. The number of aryl methyl sites for hydroxylation is 1. The van der Waals surface area contributed by atoms with Crippen molar-refractivity contribution in [2.45, 2.75) is 25.8 Å². The molecule has 2 amide bonds. The number of amides is 2. The lowest BCUT2D eigenvalue weighted by Crippen LogP contribution is -2.30. The van der Waals surface area contributed by atoms with Crippen molar-refractivity contribution in [3.63, 3.8) is 0 Å². The van der Waals surface area contributed by atoms with E-state index in [0.29, 0.717) is 6.04 Å². The molecule has 0 atom stereocenters. The lowest BCUT2D eigenvalue weighted by Gasteiger charge is -2.07. The van der Waals surface area contributed by atoms with E-state index >= 15 is 0 Å². The molecule has 0 spiro atoms. The Labute approximate surface area is 97.4 Å². The summed E-state index contributed by atoms with van der Waals surface area (Å²) in [5.41, 5.74) is 1.94. The molecule has 4 heteroatoms. The third-order valence-corrected chi connectivity index (χ3v) is 2.67. The number of carbonyl (C=O) groups is 1. The highest BCUT2D eigenvalue weighted by Gasteiger charge is 2.23. The molecule has 1 aromatic rings. The molecule has 0 unspecified atom stereocenters. The summed E-state index contributed by atoms with van der Waals surface area (Å²) in [6, 6.07) is 6.11. The lowest BCUT2D eigenvalue weighted by molar-refractivity contribution is 0.251. The minimum absolute atomic E-state index is 0.116. The molecule has 0 aromatic heterocycles. The fourth-order valence-electron chi connectivity index (χ4n) is 1.39. The molecular weight excluding hydrogens is 256 g/mol. The van der Waals surface area contributed by atoms with Gasteiger partial charge in [0.15, 0.2) is 0 Å². The molecule has 0 bridgehead atoms. The van der Waals surface area contributed by atoms with Gasteiger partial charge in [0, 0.05) is 16.2 Å². The van der Waals surface area contributed by atoms with Crippen LogP contribution in [-0.2, 0) is 0 Å². The van der Waals surface area contributed by atoms with Gasteiger partial charge in [-0.3, -0.25) is 0 Å². The van der Waals surface area contributed by atoms with Gasteiger partial charge in [-0.25, -0.2) is 4.79 Å². The summed E-state index contributed by atoms with van der Waals surface area (Å²) in [5, 5.41) is 5.69. The predicted octanol–water partition coefficient (Wildman–Crippen LogP) is 3.04. The van der Waals surface area contributed by atoms with Gasteiger partial charge in [0.25, 0.3) is 0 Å². The maximum Gasteiger partial charge on any atom is 0.319 e. The van der Waals surface area contributed by atoms with Gasteiger partial charge < -0.3 is 10.6 Å². The van der Waals surface area contributed by atoms with Crippen LogP contribution >= 0.6 is 15.9 Å². The zero-order valence-electron chi connectivity index (χ0n) is 8.51. The number of hydrogen-bond donors (Lipinski definition) is 2. The summed E-state index contributed by atoms with van der Waals surface area (Å²) in [6.07, 6.45) is 2.20. The third kappa shape index (κ3) is 3.23. The first-order chi connectivity index (χ1) is 7.13. The van der Waals surface area contributed by atoms with E-state index in [0.717, 1.165) is 28.6 Å². The molecule has 80 valence electrons. The molecular formula is C11H13BrN2O. The van der Waals surface area contributed by atoms with Gasteiger partial charge in [-0.1, -0.05) is 15.9 Å². The minimum atomic E-state index is -0.116. The molecule has 0 radical (unpaired) electrons. The van der Waals surface area contributed by atoms with Crippen LogP contribution in [0.15, 0.2) is 22.7 Å². The molecule has 15 heavy (non-hydrogen) atoms. The monoisotopic (exact) mass is 268 g/mol. The van der Waals surface area contributed by atoms with Crippen molar-refractivity contribution in [1.29, 1.82) is 0 Å². The molecule has 1 saturated carbocycles. The van der Waals surface area contributed by atoms with Gasteiger partial charge in [0.05, 0.1) is 0 Å². The van der Waals surface area contributed by atoms with Crippen LogP contribution in [-0.4, -0.2) is 12.1 Å². The van der Waals surface area contributed by atoms with Crippen molar-refractivity contribution in [1.82, 2.24) is 5.32 Å². The van der Waals surface area contributed by atoms with Crippen LogP contribution in [0.1, 0.15) is 18.4 Å². The van der Waals surface area contributed by atoms with Crippen molar-refractivity contribution in [3.05, 3.63) is 28.2 Å². The van der Waals surface area contributed by atoms with Crippen molar-refractivity contribution in [2.24, 2.45) is 0 Å². The maximum absolute atomic E-state index is 11.4. The Morgan fingerprint density at radius 3 is 2.73 bits per heavy atom. The molecule has 1 aliphatic carbocycles. The van der Waals surface area contributed by atoms with Crippen molar-refractivity contribution >= 4 is 27.6 Å². The topological polar surface area (TPSA) is 41.1 Å². The van der Waals surface area contributed by atoms with Crippen molar-refractivity contribution in [3.8, 4) is 0 Å². The predicted molar refractivity (Wildman–Crippen MR) is 64.1 cm³/mol. The average molecular weight is 269 g/mol.